The molecule has 6 nitrogen and oxygen atoms in total. The number of hydrogen-bond donors (Lipinski definition) is 1. The molecule has 0 saturated heterocycles. The second-order valence-corrected chi connectivity index (χ2v) is 6.60. The Balaban J connectivity index is 1.64. The van der Waals surface area contributed by atoms with Crippen LogP contribution in [0.3, 0.4) is 0 Å². The van der Waals surface area contributed by atoms with E-state index in [1.807, 2.05) is 36.0 Å². The lowest BCUT2D eigenvalue weighted by Crippen LogP contribution is -2.32. The number of furan rings is 1. The van der Waals surface area contributed by atoms with E-state index in [1.165, 1.54) is 0 Å². The molecule has 0 aliphatic carbocycles. The molecule has 0 fully saturated rings. The van der Waals surface area contributed by atoms with E-state index < -0.39 is 0 Å². The van der Waals surface area contributed by atoms with Crippen molar-refractivity contribution in [2.45, 2.75) is 33.1 Å². The van der Waals surface area contributed by atoms with Crippen LogP contribution in [-0.4, -0.2) is 34.1 Å². The zero-order valence-electron chi connectivity index (χ0n) is 15.9. The fourth-order valence-corrected chi connectivity index (χ4v) is 3.15. The monoisotopic (exact) mass is 354 g/mol. The highest BCUT2D eigenvalue weighted by atomic mass is 16.3. The van der Waals surface area contributed by atoms with Gasteiger partial charge in [-0.05, 0) is 25.0 Å². The number of nitrogens with zero attached hydrogens (tertiary/aromatic N) is 3. The number of fused-ring (bicyclic) bond motifs is 1. The Morgan fingerprint density at radius 3 is 2.88 bits per heavy atom. The third kappa shape index (κ3) is 3.59. The Morgan fingerprint density at radius 2 is 2.19 bits per heavy atom. The molecule has 2 amide bonds. The number of benzene rings is 1. The predicted molar refractivity (Wildman–Crippen MR) is 104 cm³/mol. The second-order valence-electron chi connectivity index (χ2n) is 6.60. The van der Waals surface area contributed by atoms with E-state index in [0.717, 1.165) is 47.4 Å². The van der Waals surface area contributed by atoms with Gasteiger partial charge in [0.15, 0.2) is 5.58 Å². The molecule has 3 rings (SSSR count). The molecule has 0 unspecified atom stereocenters. The van der Waals surface area contributed by atoms with Gasteiger partial charge in [0.2, 0.25) is 0 Å². The summed E-state index contributed by atoms with van der Waals surface area (Å²) in [6.45, 7) is 4.78. The lowest BCUT2D eigenvalue weighted by molar-refractivity contribution is 0.222. The molecule has 0 radical (unpaired) electrons. The lowest BCUT2D eigenvalue weighted by atomic mass is 10.1. The molecule has 0 bridgehead atoms. The number of urea groups is 1. The van der Waals surface area contributed by atoms with Gasteiger partial charge in [0.1, 0.15) is 11.6 Å². The summed E-state index contributed by atoms with van der Waals surface area (Å²) in [5, 5.41) is 4.03. The first-order chi connectivity index (χ1) is 12.5. The van der Waals surface area contributed by atoms with E-state index in [-0.39, 0.29) is 6.03 Å². The van der Waals surface area contributed by atoms with Crippen molar-refractivity contribution in [3.63, 3.8) is 0 Å². The molecule has 3 aromatic rings. The molecule has 1 N–H and O–H groups in total. The Hall–Kier alpha value is -2.76. The van der Waals surface area contributed by atoms with Crippen LogP contribution in [0.2, 0.25) is 0 Å². The number of para-hydroxylation sites is 1. The van der Waals surface area contributed by atoms with Crippen LogP contribution in [0.4, 0.5) is 10.5 Å². The molecule has 26 heavy (non-hydrogen) atoms. The molecule has 2 heterocycles. The zero-order chi connectivity index (χ0) is 18.7. The number of carbonyl (C=O) groups excluding carboxylic acids is 1. The number of amides is 2. The van der Waals surface area contributed by atoms with Gasteiger partial charge in [0.25, 0.3) is 0 Å². The van der Waals surface area contributed by atoms with Gasteiger partial charge >= 0.3 is 6.03 Å². The van der Waals surface area contributed by atoms with Gasteiger partial charge in [-0.25, -0.2) is 9.78 Å². The number of hydrogen-bond acceptors (Lipinski definition) is 3. The molecule has 0 aliphatic rings. The average molecular weight is 354 g/mol. The SMILES string of the molecule is CCc1oc2c(NC(=O)N(C)CCCc3nccn3C)cccc2c1C. The molecule has 0 spiro atoms. The molecule has 138 valence electrons. The van der Waals surface area contributed by atoms with Crippen molar-refractivity contribution in [3.8, 4) is 0 Å². The maximum Gasteiger partial charge on any atom is 0.321 e. The fourth-order valence-electron chi connectivity index (χ4n) is 3.15. The van der Waals surface area contributed by atoms with Gasteiger partial charge in [0, 0.05) is 51.3 Å². The molecule has 0 saturated carbocycles. The smallest absolute Gasteiger partial charge is 0.321 e. The van der Waals surface area contributed by atoms with Crippen LogP contribution in [0, 0.1) is 6.92 Å². The van der Waals surface area contributed by atoms with Crippen LogP contribution in [0.15, 0.2) is 35.0 Å². The Bertz CT molecular complexity index is 910. The second kappa shape index (κ2) is 7.64. The quantitative estimate of drug-likeness (QED) is 0.724. The Labute approximate surface area is 153 Å². The molecule has 6 heteroatoms. The number of imidazole rings is 1. The Kier molecular flexibility index (Phi) is 5.30. The summed E-state index contributed by atoms with van der Waals surface area (Å²) in [6.07, 6.45) is 6.26. The number of aryl methyl sites for hydroxylation is 4. The topological polar surface area (TPSA) is 63.3 Å². The van der Waals surface area contributed by atoms with E-state index in [2.05, 4.69) is 24.1 Å². The normalized spacial score (nSPS) is 11.1. The maximum atomic E-state index is 12.5. The van der Waals surface area contributed by atoms with Crippen molar-refractivity contribution in [2.75, 3.05) is 18.9 Å². The molecular weight excluding hydrogens is 328 g/mol. The summed E-state index contributed by atoms with van der Waals surface area (Å²) < 4.78 is 7.96. The summed E-state index contributed by atoms with van der Waals surface area (Å²) in [7, 11) is 3.79. The van der Waals surface area contributed by atoms with Crippen molar-refractivity contribution < 1.29 is 9.21 Å². The minimum absolute atomic E-state index is 0.135. The van der Waals surface area contributed by atoms with Gasteiger partial charge < -0.3 is 19.2 Å². The van der Waals surface area contributed by atoms with Crippen molar-refractivity contribution in [3.05, 3.63) is 47.7 Å². The Morgan fingerprint density at radius 1 is 1.38 bits per heavy atom. The number of rotatable bonds is 6. The van der Waals surface area contributed by atoms with Crippen LogP contribution in [-0.2, 0) is 19.9 Å². The highest BCUT2D eigenvalue weighted by Crippen LogP contribution is 2.31. The van der Waals surface area contributed by atoms with Gasteiger partial charge in [-0.3, -0.25) is 0 Å². The largest absolute Gasteiger partial charge is 0.459 e. The summed E-state index contributed by atoms with van der Waals surface area (Å²) in [5.41, 5.74) is 2.60. The summed E-state index contributed by atoms with van der Waals surface area (Å²) in [4.78, 5) is 18.5. The fraction of sp³-hybridized carbons (Fsp3) is 0.400. The number of aromatic nitrogens is 2. The zero-order valence-corrected chi connectivity index (χ0v) is 15.9. The minimum Gasteiger partial charge on any atom is -0.459 e. The van der Waals surface area contributed by atoms with E-state index in [4.69, 9.17) is 4.42 Å². The van der Waals surface area contributed by atoms with Crippen molar-refractivity contribution >= 4 is 22.7 Å². The van der Waals surface area contributed by atoms with Gasteiger partial charge in [-0.2, -0.15) is 0 Å². The highest BCUT2D eigenvalue weighted by Gasteiger charge is 2.15. The van der Waals surface area contributed by atoms with Crippen molar-refractivity contribution in [1.82, 2.24) is 14.5 Å². The van der Waals surface area contributed by atoms with Crippen LogP contribution in [0.25, 0.3) is 11.0 Å². The average Bonchev–Trinajstić information content (AvgIpc) is 3.19. The van der Waals surface area contributed by atoms with Crippen LogP contribution in [0.5, 0.6) is 0 Å². The predicted octanol–water partition coefficient (Wildman–Crippen LogP) is 4.13. The maximum absolute atomic E-state index is 12.5. The van der Waals surface area contributed by atoms with Crippen molar-refractivity contribution in [2.24, 2.45) is 7.05 Å². The minimum atomic E-state index is -0.135. The first kappa shape index (κ1) is 18.0. The summed E-state index contributed by atoms with van der Waals surface area (Å²) >= 11 is 0. The van der Waals surface area contributed by atoms with E-state index in [9.17, 15) is 4.79 Å². The van der Waals surface area contributed by atoms with E-state index in [1.54, 1.807) is 18.1 Å². The van der Waals surface area contributed by atoms with Crippen molar-refractivity contribution in [1.29, 1.82) is 0 Å². The number of anilines is 1. The molecule has 2 aromatic heterocycles. The van der Waals surface area contributed by atoms with Crippen LogP contribution in [0.1, 0.15) is 30.5 Å². The molecule has 0 atom stereocenters. The molecule has 1 aromatic carbocycles. The van der Waals surface area contributed by atoms with Crippen LogP contribution < -0.4 is 5.32 Å². The first-order valence-electron chi connectivity index (χ1n) is 9.00. The van der Waals surface area contributed by atoms with E-state index >= 15 is 0 Å². The molecular formula is C20H26N4O2. The van der Waals surface area contributed by atoms with Gasteiger partial charge in [0.05, 0.1) is 5.69 Å². The summed E-state index contributed by atoms with van der Waals surface area (Å²) in [6, 6.07) is 5.72. The summed E-state index contributed by atoms with van der Waals surface area (Å²) in [5.74, 6) is 1.99. The first-order valence-corrected chi connectivity index (χ1v) is 9.00. The third-order valence-electron chi connectivity index (χ3n) is 4.79. The number of nitrogens with one attached hydrogen (secondary N) is 1. The molecule has 0 aliphatic heterocycles. The third-order valence-corrected chi connectivity index (χ3v) is 4.79. The standard InChI is InChI=1S/C20H26N4O2/c1-5-17-14(2)15-8-6-9-16(19(15)26-17)22-20(25)24(4)12-7-10-18-21-11-13-23(18)3/h6,8-9,11,13H,5,7,10,12H2,1-4H3,(H,22,25). The highest BCUT2D eigenvalue weighted by molar-refractivity contribution is 6.00. The number of carbonyl (C=O) groups is 1. The van der Waals surface area contributed by atoms with Gasteiger partial charge in [-0.1, -0.05) is 19.1 Å². The van der Waals surface area contributed by atoms with E-state index in [0.29, 0.717) is 12.2 Å². The lowest BCUT2D eigenvalue weighted by Gasteiger charge is -2.18. The van der Waals surface area contributed by atoms with Crippen LogP contribution >= 0.6 is 0 Å². The van der Waals surface area contributed by atoms with Gasteiger partial charge in [-0.15, -0.1) is 0 Å².